The van der Waals surface area contributed by atoms with Crippen LogP contribution >= 0.6 is 11.3 Å². The minimum absolute atomic E-state index is 0.0155. The van der Waals surface area contributed by atoms with E-state index in [4.69, 9.17) is 0 Å². The Morgan fingerprint density at radius 2 is 2.00 bits per heavy atom. The molecule has 0 saturated carbocycles. The predicted octanol–water partition coefficient (Wildman–Crippen LogP) is 4.81. The first kappa shape index (κ1) is 17.2. The van der Waals surface area contributed by atoms with Crippen molar-refractivity contribution in [2.45, 2.75) is 6.18 Å². The fourth-order valence-electron chi connectivity index (χ4n) is 2.69. The number of anilines is 2. The van der Waals surface area contributed by atoms with E-state index in [1.165, 1.54) is 29.7 Å². The third-order valence-electron chi connectivity index (χ3n) is 3.89. The van der Waals surface area contributed by atoms with Gasteiger partial charge < -0.3 is 5.32 Å². The van der Waals surface area contributed by atoms with Crippen LogP contribution in [0.5, 0.6) is 0 Å². The van der Waals surface area contributed by atoms with Crippen LogP contribution in [0, 0.1) is 0 Å². The monoisotopic (exact) mass is 388 g/mol. The molecule has 1 aromatic carbocycles. The van der Waals surface area contributed by atoms with Gasteiger partial charge in [0.1, 0.15) is 0 Å². The minimum atomic E-state index is -4.46. The first-order valence-electron chi connectivity index (χ1n) is 7.78. The third kappa shape index (κ3) is 3.41. The molecule has 0 amide bonds. The first-order chi connectivity index (χ1) is 12.9. The lowest BCUT2D eigenvalue weighted by Crippen LogP contribution is -2.13. The number of thiophene rings is 1. The molecule has 4 rings (SSSR count). The van der Waals surface area contributed by atoms with E-state index in [0.717, 1.165) is 17.7 Å². The lowest BCUT2D eigenvalue weighted by atomic mass is 10.1. The zero-order valence-electron chi connectivity index (χ0n) is 13.5. The summed E-state index contributed by atoms with van der Waals surface area (Å²) in [5.74, 6) is 0.0155. The molecule has 2 N–H and O–H groups in total. The Labute approximate surface area is 154 Å². The number of rotatable bonds is 3. The topological polar surface area (TPSA) is 70.7 Å². The molecule has 27 heavy (non-hydrogen) atoms. The van der Waals surface area contributed by atoms with Gasteiger partial charge in [0.25, 0.3) is 5.56 Å². The number of hydrogen-bond acceptors (Lipinski definition) is 5. The third-order valence-corrected chi connectivity index (χ3v) is 4.58. The molecule has 0 aliphatic carbocycles. The van der Waals surface area contributed by atoms with Crippen molar-refractivity contribution in [1.82, 2.24) is 15.0 Å². The van der Waals surface area contributed by atoms with Gasteiger partial charge >= 0.3 is 6.18 Å². The molecule has 4 aromatic rings. The quantitative estimate of drug-likeness (QED) is 0.528. The van der Waals surface area contributed by atoms with E-state index in [-0.39, 0.29) is 17.3 Å². The fraction of sp³-hybridized carbons (Fsp3) is 0.0556. The molecule has 0 aliphatic rings. The van der Waals surface area contributed by atoms with E-state index < -0.39 is 17.3 Å². The van der Waals surface area contributed by atoms with Crippen LogP contribution in [0.3, 0.4) is 0 Å². The number of H-pyrrole nitrogens is 1. The number of aromatic nitrogens is 3. The van der Waals surface area contributed by atoms with Gasteiger partial charge in [-0.2, -0.15) is 29.5 Å². The molecule has 0 saturated heterocycles. The summed E-state index contributed by atoms with van der Waals surface area (Å²) in [4.78, 5) is 23.5. The summed E-state index contributed by atoms with van der Waals surface area (Å²) in [5.41, 5.74) is 0.703. The van der Waals surface area contributed by atoms with Crippen LogP contribution in [0.2, 0.25) is 0 Å². The van der Waals surface area contributed by atoms with Crippen molar-refractivity contribution in [2.75, 3.05) is 5.32 Å². The number of aromatic amines is 1. The zero-order valence-corrected chi connectivity index (χ0v) is 14.4. The van der Waals surface area contributed by atoms with Gasteiger partial charge in [0, 0.05) is 17.4 Å². The summed E-state index contributed by atoms with van der Waals surface area (Å²) in [6.45, 7) is 0. The molecule has 3 aromatic heterocycles. The lowest BCUT2D eigenvalue weighted by molar-refractivity contribution is -0.137. The van der Waals surface area contributed by atoms with Crippen molar-refractivity contribution in [3.05, 3.63) is 69.3 Å². The molecule has 0 unspecified atom stereocenters. The van der Waals surface area contributed by atoms with Crippen LogP contribution in [-0.2, 0) is 6.18 Å². The van der Waals surface area contributed by atoms with Gasteiger partial charge in [-0.05, 0) is 46.7 Å². The summed E-state index contributed by atoms with van der Waals surface area (Å²) >= 11 is 1.50. The second kappa shape index (κ2) is 6.51. The molecule has 0 spiro atoms. The highest BCUT2D eigenvalue weighted by molar-refractivity contribution is 7.08. The average molecular weight is 388 g/mol. The normalized spacial score (nSPS) is 11.7. The highest BCUT2D eigenvalue weighted by Crippen LogP contribution is 2.31. The van der Waals surface area contributed by atoms with Crippen molar-refractivity contribution in [2.24, 2.45) is 0 Å². The van der Waals surface area contributed by atoms with Crippen molar-refractivity contribution < 1.29 is 13.2 Å². The number of alkyl halides is 3. The number of halogens is 3. The van der Waals surface area contributed by atoms with E-state index in [2.05, 4.69) is 20.3 Å². The van der Waals surface area contributed by atoms with Crippen LogP contribution in [0.4, 0.5) is 24.8 Å². The highest BCUT2D eigenvalue weighted by atomic mass is 32.1. The number of pyridine rings is 1. The van der Waals surface area contributed by atoms with Gasteiger partial charge in [-0.1, -0.05) is 6.07 Å². The molecule has 0 bridgehead atoms. The summed E-state index contributed by atoms with van der Waals surface area (Å²) < 4.78 is 38.5. The zero-order chi connectivity index (χ0) is 19.0. The average Bonchev–Trinajstić information content (AvgIpc) is 3.15. The Kier molecular flexibility index (Phi) is 4.15. The maximum absolute atomic E-state index is 12.8. The number of nitrogens with zero attached hydrogens (tertiary/aromatic N) is 2. The summed E-state index contributed by atoms with van der Waals surface area (Å²) in [6.07, 6.45) is -2.92. The Morgan fingerprint density at radius 3 is 2.74 bits per heavy atom. The summed E-state index contributed by atoms with van der Waals surface area (Å²) in [5, 5.41) is 6.82. The Balaban J connectivity index is 1.76. The second-order valence-electron chi connectivity index (χ2n) is 5.69. The Morgan fingerprint density at radius 1 is 1.15 bits per heavy atom. The lowest BCUT2D eigenvalue weighted by Gasteiger charge is -2.10. The van der Waals surface area contributed by atoms with E-state index >= 15 is 0 Å². The fourth-order valence-corrected chi connectivity index (χ4v) is 3.35. The van der Waals surface area contributed by atoms with Gasteiger partial charge in [-0.15, -0.1) is 0 Å². The van der Waals surface area contributed by atoms with Crippen LogP contribution in [0.15, 0.2) is 58.1 Å². The minimum Gasteiger partial charge on any atom is -0.326 e. The summed E-state index contributed by atoms with van der Waals surface area (Å²) in [6, 6.07) is 8.25. The van der Waals surface area contributed by atoms with Crippen LogP contribution in [0.25, 0.3) is 22.2 Å². The van der Waals surface area contributed by atoms with Gasteiger partial charge in [-0.3, -0.25) is 9.78 Å². The Hall–Kier alpha value is -3.20. The summed E-state index contributed by atoms with van der Waals surface area (Å²) in [7, 11) is 0. The number of fused-ring (bicyclic) bond motifs is 1. The second-order valence-corrected chi connectivity index (χ2v) is 6.47. The highest BCUT2D eigenvalue weighted by Gasteiger charge is 2.30. The number of benzene rings is 1. The van der Waals surface area contributed by atoms with Crippen LogP contribution in [-0.4, -0.2) is 15.0 Å². The molecule has 5 nitrogen and oxygen atoms in total. The van der Waals surface area contributed by atoms with Crippen LogP contribution in [0.1, 0.15) is 5.56 Å². The molecule has 3 heterocycles. The SMILES string of the molecule is O=c1[nH]c(Nc2cccc(C(F)(F)F)c2)nc2nccc(-c3ccsc3)c12. The smallest absolute Gasteiger partial charge is 0.326 e. The number of hydrogen-bond donors (Lipinski definition) is 2. The maximum atomic E-state index is 12.8. The molecular formula is C18H11F3N4OS. The van der Waals surface area contributed by atoms with Gasteiger partial charge in [0.15, 0.2) is 5.65 Å². The van der Waals surface area contributed by atoms with Gasteiger partial charge in [0.2, 0.25) is 5.95 Å². The van der Waals surface area contributed by atoms with E-state index in [1.807, 2.05) is 16.8 Å². The largest absolute Gasteiger partial charge is 0.416 e. The van der Waals surface area contributed by atoms with E-state index in [0.29, 0.717) is 10.9 Å². The molecular weight excluding hydrogens is 377 g/mol. The molecule has 9 heteroatoms. The Bertz CT molecular complexity index is 1170. The first-order valence-corrected chi connectivity index (χ1v) is 8.72. The van der Waals surface area contributed by atoms with E-state index in [9.17, 15) is 18.0 Å². The van der Waals surface area contributed by atoms with Gasteiger partial charge in [-0.25, -0.2) is 4.98 Å². The standard InChI is InChI=1S/C18H11F3N4OS/c19-18(20,21)11-2-1-3-12(8-11)23-17-24-15-14(16(26)25-17)13(4-6-22-15)10-5-7-27-9-10/h1-9H,(H2,22,23,24,25,26). The predicted molar refractivity (Wildman–Crippen MR) is 98.2 cm³/mol. The van der Waals surface area contributed by atoms with Crippen molar-refractivity contribution in [1.29, 1.82) is 0 Å². The maximum Gasteiger partial charge on any atom is 0.416 e. The molecule has 0 aliphatic heterocycles. The molecule has 0 atom stereocenters. The molecule has 0 fully saturated rings. The van der Waals surface area contributed by atoms with Crippen molar-refractivity contribution in [3.8, 4) is 11.1 Å². The molecule has 136 valence electrons. The molecule has 0 radical (unpaired) electrons. The number of nitrogens with one attached hydrogen (secondary N) is 2. The van der Waals surface area contributed by atoms with Crippen molar-refractivity contribution in [3.63, 3.8) is 0 Å². The van der Waals surface area contributed by atoms with E-state index in [1.54, 1.807) is 6.07 Å². The van der Waals surface area contributed by atoms with Crippen molar-refractivity contribution >= 4 is 34.0 Å². The van der Waals surface area contributed by atoms with Gasteiger partial charge in [0.05, 0.1) is 10.9 Å². The van der Waals surface area contributed by atoms with Crippen LogP contribution < -0.4 is 10.9 Å².